The van der Waals surface area contributed by atoms with Gasteiger partial charge in [0.1, 0.15) is 5.82 Å². The highest BCUT2D eigenvalue weighted by Crippen LogP contribution is 2.44. The molecule has 2 heteroatoms. The molecule has 0 aliphatic heterocycles. The molecule has 250 valence electrons. The summed E-state index contributed by atoms with van der Waals surface area (Å²) >= 11 is 0. The van der Waals surface area contributed by atoms with Crippen molar-refractivity contribution in [2.45, 2.75) is 12.3 Å². The summed E-state index contributed by atoms with van der Waals surface area (Å²) in [4.78, 5) is 5.12. The molecule has 0 saturated carbocycles. The highest BCUT2D eigenvalue weighted by atomic mass is 15.1. The van der Waals surface area contributed by atoms with Crippen molar-refractivity contribution >= 4 is 38.2 Å². The van der Waals surface area contributed by atoms with E-state index in [-0.39, 0.29) is 0 Å². The summed E-state index contributed by atoms with van der Waals surface area (Å²) in [5.41, 5.74) is 13.1. The normalized spacial score (nSPS) is 14.2. The molecule has 1 aromatic heterocycles. The Balaban J connectivity index is 1.07. The SMILES string of the molecule is C1=CC(c2ccccc2)CC=C1c1c2ccccc2c(-c2ccc(-c3ccc4nc(-c5ccccc5)n(-c5ccccc5)c4c3)cc2)c2ccccc12. The van der Waals surface area contributed by atoms with E-state index in [0.29, 0.717) is 5.92 Å². The van der Waals surface area contributed by atoms with Crippen LogP contribution in [0.1, 0.15) is 23.5 Å². The van der Waals surface area contributed by atoms with Gasteiger partial charge in [-0.25, -0.2) is 4.98 Å². The van der Waals surface area contributed by atoms with Crippen molar-refractivity contribution in [3.63, 3.8) is 0 Å². The number of benzene rings is 8. The van der Waals surface area contributed by atoms with Gasteiger partial charge in [-0.1, -0.05) is 176 Å². The molecular formula is C51H36N2. The number of aromatic nitrogens is 2. The van der Waals surface area contributed by atoms with Crippen LogP contribution >= 0.6 is 0 Å². The molecule has 53 heavy (non-hydrogen) atoms. The predicted molar refractivity (Wildman–Crippen MR) is 223 cm³/mol. The second-order valence-corrected chi connectivity index (χ2v) is 13.9. The summed E-state index contributed by atoms with van der Waals surface area (Å²) in [6, 6.07) is 65.4. The molecule has 0 N–H and O–H groups in total. The van der Waals surface area contributed by atoms with Gasteiger partial charge in [-0.05, 0) is 91.2 Å². The third kappa shape index (κ3) is 5.48. The molecule has 9 aromatic rings. The molecule has 1 aliphatic rings. The standard InChI is InChI=1S/C51H36N2/c1-4-14-35(15-5-1)36-24-28-38(29-25-36)49-43-20-10-12-22-45(43)50(46-23-13-11-21-44(46)49)39-30-26-37(27-31-39)41-32-33-47-48(34-41)53(42-18-8-3-9-19-42)51(52-47)40-16-6-2-7-17-40/h1-24,26-34,36H,25H2. The minimum atomic E-state index is 0.404. The molecule has 0 saturated heterocycles. The maximum atomic E-state index is 5.12. The van der Waals surface area contributed by atoms with Gasteiger partial charge in [-0.15, -0.1) is 0 Å². The second kappa shape index (κ2) is 13.1. The highest BCUT2D eigenvalue weighted by molar-refractivity contribution is 6.19. The summed E-state index contributed by atoms with van der Waals surface area (Å²) in [6.07, 6.45) is 8.15. The number of allylic oxidation sites excluding steroid dienone is 4. The van der Waals surface area contributed by atoms with Crippen LogP contribution in [-0.2, 0) is 0 Å². The lowest BCUT2D eigenvalue weighted by atomic mass is 9.82. The van der Waals surface area contributed by atoms with Gasteiger partial charge < -0.3 is 0 Å². The zero-order chi connectivity index (χ0) is 35.1. The lowest BCUT2D eigenvalue weighted by Gasteiger charge is -2.21. The summed E-state index contributed by atoms with van der Waals surface area (Å²) in [6.45, 7) is 0. The Labute approximate surface area is 309 Å². The first-order chi connectivity index (χ1) is 26.3. The Kier molecular flexibility index (Phi) is 7.66. The van der Waals surface area contributed by atoms with Crippen molar-refractivity contribution in [2.24, 2.45) is 0 Å². The largest absolute Gasteiger partial charge is 0.292 e. The van der Waals surface area contributed by atoms with E-state index < -0.39 is 0 Å². The fraction of sp³-hybridized carbons (Fsp3) is 0.0392. The van der Waals surface area contributed by atoms with E-state index in [9.17, 15) is 0 Å². The van der Waals surface area contributed by atoms with Gasteiger partial charge >= 0.3 is 0 Å². The van der Waals surface area contributed by atoms with Gasteiger partial charge in [0.05, 0.1) is 11.0 Å². The van der Waals surface area contributed by atoms with Crippen molar-refractivity contribution in [3.05, 3.63) is 211 Å². The van der Waals surface area contributed by atoms with Crippen LogP contribution in [0.25, 0.3) is 77.5 Å². The van der Waals surface area contributed by atoms with Gasteiger partial charge in [0.25, 0.3) is 0 Å². The third-order valence-electron chi connectivity index (χ3n) is 10.8. The Morgan fingerprint density at radius 3 is 1.64 bits per heavy atom. The zero-order valence-corrected chi connectivity index (χ0v) is 29.2. The number of para-hydroxylation sites is 1. The van der Waals surface area contributed by atoms with E-state index in [1.54, 1.807) is 0 Å². The van der Waals surface area contributed by atoms with Crippen LogP contribution in [0.5, 0.6) is 0 Å². The minimum absolute atomic E-state index is 0.404. The molecule has 2 nitrogen and oxygen atoms in total. The fourth-order valence-electron chi connectivity index (χ4n) is 8.21. The first-order valence-electron chi connectivity index (χ1n) is 18.4. The molecule has 0 spiro atoms. The van der Waals surface area contributed by atoms with E-state index in [1.807, 2.05) is 6.07 Å². The van der Waals surface area contributed by atoms with Crippen LogP contribution < -0.4 is 0 Å². The van der Waals surface area contributed by atoms with Crippen molar-refractivity contribution in [3.8, 4) is 39.3 Å². The maximum Gasteiger partial charge on any atom is 0.145 e. The van der Waals surface area contributed by atoms with Crippen molar-refractivity contribution in [1.29, 1.82) is 0 Å². The first-order valence-corrected chi connectivity index (χ1v) is 18.4. The smallest absolute Gasteiger partial charge is 0.145 e. The molecule has 1 atom stereocenters. The number of nitrogens with zero attached hydrogens (tertiary/aromatic N) is 2. The average molecular weight is 677 g/mol. The third-order valence-corrected chi connectivity index (χ3v) is 10.8. The number of hydrogen-bond acceptors (Lipinski definition) is 1. The van der Waals surface area contributed by atoms with E-state index in [2.05, 4.69) is 199 Å². The monoisotopic (exact) mass is 676 g/mol. The van der Waals surface area contributed by atoms with Crippen molar-refractivity contribution < 1.29 is 0 Å². The number of rotatable bonds is 6. The lowest BCUT2D eigenvalue weighted by Crippen LogP contribution is -2.00. The highest BCUT2D eigenvalue weighted by Gasteiger charge is 2.20. The number of hydrogen-bond donors (Lipinski definition) is 0. The van der Waals surface area contributed by atoms with Crippen LogP contribution in [0.15, 0.2) is 200 Å². The molecule has 1 aliphatic carbocycles. The Hall–Kier alpha value is -6.77. The van der Waals surface area contributed by atoms with Gasteiger partial charge in [-0.2, -0.15) is 0 Å². The van der Waals surface area contributed by atoms with Crippen LogP contribution in [-0.4, -0.2) is 9.55 Å². The molecule has 0 fully saturated rings. The number of imidazole rings is 1. The van der Waals surface area contributed by atoms with Crippen molar-refractivity contribution in [1.82, 2.24) is 9.55 Å². The summed E-state index contributed by atoms with van der Waals surface area (Å²) in [7, 11) is 0. The molecule has 0 amide bonds. The molecule has 0 radical (unpaired) electrons. The zero-order valence-electron chi connectivity index (χ0n) is 29.2. The summed E-state index contributed by atoms with van der Waals surface area (Å²) in [5.74, 6) is 1.35. The molecular weight excluding hydrogens is 641 g/mol. The lowest BCUT2D eigenvalue weighted by molar-refractivity contribution is 0.857. The topological polar surface area (TPSA) is 17.8 Å². The summed E-state index contributed by atoms with van der Waals surface area (Å²) < 4.78 is 2.28. The van der Waals surface area contributed by atoms with Gasteiger partial charge in [-0.3, -0.25) is 4.57 Å². The molecule has 1 unspecified atom stereocenters. The fourth-order valence-corrected chi connectivity index (χ4v) is 8.21. The molecule has 1 heterocycles. The molecule has 8 aromatic carbocycles. The van der Waals surface area contributed by atoms with Crippen LogP contribution in [0, 0.1) is 0 Å². The molecule has 10 rings (SSSR count). The Morgan fingerprint density at radius 2 is 1.02 bits per heavy atom. The van der Waals surface area contributed by atoms with Crippen LogP contribution in [0.2, 0.25) is 0 Å². The first kappa shape index (κ1) is 31.0. The maximum absolute atomic E-state index is 5.12. The van der Waals surface area contributed by atoms with Gasteiger partial charge in [0, 0.05) is 17.2 Å². The number of fused-ring (bicyclic) bond motifs is 3. The van der Waals surface area contributed by atoms with E-state index >= 15 is 0 Å². The molecule has 0 bridgehead atoms. The van der Waals surface area contributed by atoms with E-state index in [0.717, 1.165) is 40.1 Å². The van der Waals surface area contributed by atoms with Crippen molar-refractivity contribution in [2.75, 3.05) is 0 Å². The van der Waals surface area contributed by atoms with Gasteiger partial charge in [0.15, 0.2) is 0 Å². The van der Waals surface area contributed by atoms with Crippen LogP contribution in [0.4, 0.5) is 0 Å². The quantitative estimate of drug-likeness (QED) is 0.160. The van der Waals surface area contributed by atoms with E-state index in [1.165, 1.54) is 54.9 Å². The predicted octanol–water partition coefficient (Wildman–Crippen LogP) is 13.5. The second-order valence-electron chi connectivity index (χ2n) is 13.9. The van der Waals surface area contributed by atoms with Crippen LogP contribution in [0.3, 0.4) is 0 Å². The van der Waals surface area contributed by atoms with E-state index in [4.69, 9.17) is 4.98 Å². The summed E-state index contributed by atoms with van der Waals surface area (Å²) in [5, 5.41) is 5.12. The van der Waals surface area contributed by atoms with Gasteiger partial charge in [0.2, 0.25) is 0 Å². The Bertz CT molecular complexity index is 2770. The average Bonchev–Trinajstić information content (AvgIpc) is 3.63. The minimum Gasteiger partial charge on any atom is -0.292 e. The Morgan fingerprint density at radius 1 is 0.472 bits per heavy atom.